The van der Waals surface area contributed by atoms with E-state index < -0.39 is 0 Å². The molecule has 0 atom stereocenters. The first-order valence-corrected chi connectivity index (χ1v) is 9.24. The first-order chi connectivity index (χ1) is 14.5. The van der Waals surface area contributed by atoms with Gasteiger partial charge in [-0.25, -0.2) is 15.0 Å². The average Bonchev–Trinajstić information content (AvgIpc) is 2.75. The number of H-pyrrole nitrogens is 1. The molecule has 152 valence electrons. The number of ether oxygens (including phenoxy) is 2. The normalized spacial score (nSPS) is 10.9. The van der Waals surface area contributed by atoms with Crippen LogP contribution < -0.4 is 15.0 Å². The number of aromatic nitrogens is 4. The Morgan fingerprint density at radius 3 is 2.43 bits per heavy atom. The first kappa shape index (κ1) is 19.4. The molecule has 0 amide bonds. The van der Waals surface area contributed by atoms with E-state index in [0.29, 0.717) is 46.0 Å². The number of hydrogen-bond donors (Lipinski definition) is 2. The zero-order valence-corrected chi connectivity index (χ0v) is 16.8. The molecule has 0 saturated carbocycles. The third-order valence-electron chi connectivity index (χ3n) is 4.73. The van der Waals surface area contributed by atoms with Crippen LogP contribution in [0.1, 0.15) is 17.0 Å². The lowest BCUT2D eigenvalue weighted by Gasteiger charge is -2.09. The molecule has 0 radical (unpaired) electrons. The van der Waals surface area contributed by atoms with E-state index in [1.165, 1.54) is 14.2 Å². The summed E-state index contributed by atoms with van der Waals surface area (Å²) in [4.78, 5) is 28.6. The molecule has 0 unspecified atom stereocenters. The van der Waals surface area contributed by atoms with Crippen LogP contribution in [-0.2, 0) is 6.42 Å². The monoisotopic (exact) mass is 404 g/mol. The Bertz CT molecular complexity index is 1280. The lowest BCUT2D eigenvalue weighted by atomic mass is 10.1. The summed E-state index contributed by atoms with van der Waals surface area (Å²) in [5.41, 5.74) is 2.58. The molecule has 0 bridgehead atoms. The molecule has 0 aliphatic carbocycles. The van der Waals surface area contributed by atoms with Gasteiger partial charge < -0.3 is 19.6 Å². The Kier molecular flexibility index (Phi) is 5.05. The fourth-order valence-corrected chi connectivity index (χ4v) is 3.21. The zero-order valence-electron chi connectivity index (χ0n) is 16.8. The van der Waals surface area contributed by atoms with Gasteiger partial charge in [0.2, 0.25) is 0 Å². The van der Waals surface area contributed by atoms with E-state index in [-0.39, 0.29) is 11.3 Å². The summed E-state index contributed by atoms with van der Waals surface area (Å²) in [6, 6.07) is 8.55. The Morgan fingerprint density at radius 2 is 1.73 bits per heavy atom. The van der Waals surface area contributed by atoms with Crippen LogP contribution in [0.25, 0.3) is 22.3 Å². The Hall–Kier alpha value is -3.94. The number of nitrogens with zero attached hydrogens (tertiary/aromatic N) is 3. The van der Waals surface area contributed by atoms with Gasteiger partial charge in [-0.15, -0.1) is 0 Å². The van der Waals surface area contributed by atoms with Gasteiger partial charge in [-0.1, -0.05) is 11.6 Å². The second-order valence-electron chi connectivity index (χ2n) is 6.85. The van der Waals surface area contributed by atoms with Gasteiger partial charge in [0.1, 0.15) is 11.6 Å². The second kappa shape index (κ2) is 7.82. The van der Waals surface area contributed by atoms with E-state index in [2.05, 4.69) is 19.9 Å². The molecule has 2 heterocycles. The van der Waals surface area contributed by atoms with Crippen molar-refractivity contribution in [2.24, 2.45) is 0 Å². The van der Waals surface area contributed by atoms with Crippen LogP contribution >= 0.6 is 0 Å². The maximum absolute atomic E-state index is 12.5. The van der Waals surface area contributed by atoms with E-state index >= 15 is 0 Å². The van der Waals surface area contributed by atoms with Crippen LogP contribution in [0.5, 0.6) is 17.2 Å². The molecule has 0 aliphatic heterocycles. The summed E-state index contributed by atoms with van der Waals surface area (Å²) in [6.45, 7) is 1.93. The van der Waals surface area contributed by atoms with Crippen LogP contribution in [0.2, 0.25) is 0 Å². The van der Waals surface area contributed by atoms with Gasteiger partial charge in [-0.2, -0.15) is 0 Å². The van der Waals surface area contributed by atoms with Gasteiger partial charge in [0.25, 0.3) is 5.56 Å². The topological polar surface area (TPSA) is 110 Å². The molecule has 0 aliphatic rings. The number of methoxy groups -OCH3 is 2. The molecule has 8 heteroatoms. The Balaban J connectivity index is 1.65. The van der Waals surface area contributed by atoms with Crippen LogP contribution in [0.3, 0.4) is 0 Å². The number of fused-ring (bicyclic) bond motifs is 1. The summed E-state index contributed by atoms with van der Waals surface area (Å²) in [5.74, 6) is 2.00. The number of hydrogen-bond acceptors (Lipinski definition) is 7. The summed E-state index contributed by atoms with van der Waals surface area (Å²) < 4.78 is 10.5. The van der Waals surface area contributed by atoms with Gasteiger partial charge >= 0.3 is 0 Å². The number of aryl methyl sites for hydroxylation is 1. The van der Waals surface area contributed by atoms with Crippen LogP contribution in [0.15, 0.2) is 47.5 Å². The highest BCUT2D eigenvalue weighted by Gasteiger charge is 2.12. The van der Waals surface area contributed by atoms with Crippen molar-refractivity contribution in [1.82, 2.24) is 19.9 Å². The highest BCUT2D eigenvalue weighted by Crippen LogP contribution is 2.30. The van der Waals surface area contributed by atoms with Crippen LogP contribution in [0, 0.1) is 6.92 Å². The molecular weight excluding hydrogens is 384 g/mol. The second-order valence-corrected chi connectivity index (χ2v) is 6.85. The van der Waals surface area contributed by atoms with E-state index in [9.17, 15) is 9.90 Å². The average molecular weight is 404 g/mol. The fraction of sp³-hybridized carbons (Fsp3) is 0.182. The predicted molar refractivity (Wildman–Crippen MR) is 112 cm³/mol. The number of aromatic hydroxyl groups is 1. The summed E-state index contributed by atoms with van der Waals surface area (Å²) in [6.07, 6.45) is 3.66. The molecular formula is C22H20N4O4. The number of benzene rings is 2. The standard InChI is InChI=1S/C22H20N4O4/c1-12-4-5-17(27)15(6-12)21-23-10-13(11-24-21)7-20-25-16-9-19(30-3)18(29-2)8-14(16)22(28)26-20/h4-6,8-11,27H,7H2,1-3H3,(H,25,26,28). The molecule has 4 aromatic rings. The van der Waals surface area contributed by atoms with Crippen molar-refractivity contribution in [1.29, 1.82) is 0 Å². The number of rotatable bonds is 5. The van der Waals surface area contributed by atoms with E-state index in [4.69, 9.17) is 9.47 Å². The Morgan fingerprint density at radius 1 is 1.03 bits per heavy atom. The summed E-state index contributed by atoms with van der Waals surface area (Å²) in [7, 11) is 3.04. The van der Waals surface area contributed by atoms with Gasteiger partial charge in [0.05, 0.1) is 30.7 Å². The summed E-state index contributed by atoms with van der Waals surface area (Å²) in [5, 5.41) is 10.5. The van der Waals surface area contributed by atoms with E-state index in [1.54, 1.807) is 30.6 Å². The van der Waals surface area contributed by atoms with Gasteiger partial charge in [0, 0.05) is 24.9 Å². The van der Waals surface area contributed by atoms with E-state index in [1.807, 2.05) is 19.1 Å². The maximum atomic E-state index is 12.5. The van der Waals surface area contributed by atoms with Crippen LogP contribution in [-0.4, -0.2) is 39.3 Å². The SMILES string of the molecule is COc1cc2nc(Cc3cnc(-c4cc(C)ccc4O)nc3)[nH]c(=O)c2cc1OC. The van der Waals surface area contributed by atoms with Crippen molar-refractivity contribution in [2.45, 2.75) is 13.3 Å². The molecule has 2 aromatic carbocycles. The highest BCUT2D eigenvalue weighted by atomic mass is 16.5. The zero-order chi connectivity index (χ0) is 21.3. The smallest absolute Gasteiger partial charge is 0.258 e. The minimum absolute atomic E-state index is 0.123. The molecule has 2 N–H and O–H groups in total. The predicted octanol–water partition coefficient (Wildman–Crippen LogP) is 3.00. The molecule has 0 saturated heterocycles. The molecule has 0 spiro atoms. The molecule has 4 rings (SSSR count). The van der Waals surface area contributed by atoms with E-state index in [0.717, 1.165) is 11.1 Å². The lowest BCUT2D eigenvalue weighted by molar-refractivity contribution is 0.355. The van der Waals surface area contributed by atoms with Crippen molar-refractivity contribution < 1.29 is 14.6 Å². The molecule has 0 fully saturated rings. The highest BCUT2D eigenvalue weighted by molar-refractivity contribution is 5.81. The fourth-order valence-electron chi connectivity index (χ4n) is 3.21. The lowest BCUT2D eigenvalue weighted by Crippen LogP contribution is -2.13. The van der Waals surface area contributed by atoms with Crippen molar-refractivity contribution in [3.8, 4) is 28.6 Å². The van der Waals surface area contributed by atoms with Crippen molar-refractivity contribution in [3.05, 3.63) is 70.0 Å². The Labute approximate surface area is 172 Å². The maximum Gasteiger partial charge on any atom is 0.258 e. The number of phenolic OH excluding ortho intramolecular Hbond substituents is 1. The number of aromatic amines is 1. The van der Waals surface area contributed by atoms with Gasteiger partial charge in [-0.3, -0.25) is 4.79 Å². The van der Waals surface area contributed by atoms with Crippen molar-refractivity contribution in [2.75, 3.05) is 14.2 Å². The minimum atomic E-state index is -0.266. The molecule has 8 nitrogen and oxygen atoms in total. The minimum Gasteiger partial charge on any atom is -0.507 e. The number of phenols is 1. The van der Waals surface area contributed by atoms with Crippen molar-refractivity contribution in [3.63, 3.8) is 0 Å². The quantitative estimate of drug-likeness (QED) is 0.526. The first-order valence-electron chi connectivity index (χ1n) is 9.24. The third kappa shape index (κ3) is 3.67. The molecule has 30 heavy (non-hydrogen) atoms. The number of nitrogens with one attached hydrogen (secondary N) is 1. The van der Waals surface area contributed by atoms with Gasteiger partial charge in [0.15, 0.2) is 17.3 Å². The van der Waals surface area contributed by atoms with Crippen LogP contribution in [0.4, 0.5) is 0 Å². The van der Waals surface area contributed by atoms with Crippen molar-refractivity contribution >= 4 is 10.9 Å². The van der Waals surface area contributed by atoms with Gasteiger partial charge in [-0.05, 0) is 30.7 Å². The third-order valence-corrected chi connectivity index (χ3v) is 4.73. The summed E-state index contributed by atoms with van der Waals surface area (Å²) >= 11 is 0. The molecule has 2 aromatic heterocycles. The largest absolute Gasteiger partial charge is 0.507 e.